The third kappa shape index (κ3) is 4.13. The van der Waals surface area contributed by atoms with Gasteiger partial charge in [-0.1, -0.05) is 42.3 Å². The first-order chi connectivity index (χ1) is 13.6. The van der Waals surface area contributed by atoms with Gasteiger partial charge in [0, 0.05) is 0 Å². The van der Waals surface area contributed by atoms with Gasteiger partial charge in [-0.2, -0.15) is 0 Å². The summed E-state index contributed by atoms with van der Waals surface area (Å²) < 4.78 is 16.0. The topological polar surface area (TPSA) is 61.8 Å². The Morgan fingerprint density at radius 2 is 1.75 bits per heavy atom. The average molecular weight is 374 g/mol. The largest absolute Gasteiger partial charge is 0.490 e. The summed E-state index contributed by atoms with van der Waals surface area (Å²) in [7, 11) is 0. The molecule has 0 spiro atoms. The molecule has 0 saturated heterocycles. The summed E-state index contributed by atoms with van der Waals surface area (Å²) in [5.41, 5.74) is 0.696. The highest BCUT2D eigenvalue weighted by Gasteiger charge is 2.17. The lowest BCUT2D eigenvalue weighted by atomic mass is 10.0. The molecule has 0 radical (unpaired) electrons. The summed E-state index contributed by atoms with van der Waals surface area (Å²) in [5.74, 6) is 1.63. The van der Waals surface area contributed by atoms with Gasteiger partial charge in [0.25, 0.3) is 0 Å². The molecule has 0 aliphatic heterocycles. The average Bonchev–Trinajstić information content (AvgIpc) is 2.72. The number of hydrogen-bond donors (Lipinski definition) is 0. The molecule has 0 saturated carbocycles. The third-order valence-corrected chi connectivity index (χ3v) is 3.98. The van der Waals surface area contributed by atoms with E-state index in [9.17, 15) is 9.59 Å². The number of hydrogen-bond acceptors (Lipinski definition) is 5. The van der Waals surface area contributed by atoms with E-state index >= 15 is 0 Å². The number of rotatable bonds is 6. The predicted molar refractivity (Wildman–Crippen MR) is 106 cm³/mol. The van der Waals surface area contributed by atoms with E-state index in [0.29, 0.717) is 12.2 Å². The molecule has 0 fully saturated rings. The van der Waals surface area contributed by atoms with Crippen molar-refractivity contribution in [3.05, 3.63) is 71.8 Å². The van der Waals surface area contributed by atoms with Crippen LogP contribution in [-0.2, 0) is 4.74 Å². The van der Waals surface area contributed by atoms with E-state index in [-0.39, 0.29) is 23.7 Å². The highest BCUT2D eigenvalue weighted by atomic mass is 16.6. The van der Waals surface area contributed by atoms with Crippen LogP contribution >= 0.6 is 0 Å². The van der Waals surface area contributed by atoms with Gasteiger partial charge in [-0.25, -0.2) is 9.59 Å². The van der Waals surface area contributed by atoms with Crippen LogP contribution in [0.5, 0.6) is 11.5 Å². The van der Waals surface area contributed by atoms with Crippen molar-refractivity contribution < 1.29 is 23.8 Å². The normalized spacial score (nSPS) is 10.1. The molecule has 5 nitrogen and oxygen atoms in total. The molecule has 0 aliphatic rings. The Morgan fingerprint density at radius 1 is 0.964 bits per heavy atom. The Kier molecular flexibility index (Phi) is 5.93. The maximum absolute atomic E-state index is 12.8. The number of benzene rings is 3. The van der Waals surface area contributed by atoms with Gasteiger partial charge in [0.15, 0.2) is 18.1 Å². The number of carbonyl (C=O) groups is 2. The van der Waals surface area contributed by atoms with Gasteiger partial charge < -0.3 is 14.2 Å². The molecule has 3 rings (SSSR count). The first-order valence-electron chi connectivity index (χ1n) is 8.71. The van der Waals surface area contributed by atoms with Crippen molar-refractivity contribution in [2.24, 2.45) is 0 Å². The van der Waals surface area contributed by atoms with Crippen molar-refractivity contribution in [1.82, 2.24) is 0 Å². The summed E-state index contributed by atoms with van der Waals surface area (Å²) in [6.07, 6.45) is 5.10. The number of carbonyl (C=O) groups excluding carboxylic acids is 2. The van der Waals surface area contributed by atoms with Crippen molar-refractivity contribution in [2.45, 2.75) is 6.92 Å². The zero-order valence-corrected chi connectivity index (χ0v) is 15.3. The molecule has 0 N–H and O–H groups in total. The summed E-state index contributed by atoms with van der Waals surface area (Å²) in [4.78, 5) is 24.7. The van der Waals surface area contributed by atoms with E-state index in [1.165, 1.54) is 18.2 Å². The van der Waals surface area contributed by atoms with Gasteiger partial charge >= 0.3 is 11.9 Å². The Morgan fingerprint density at radius 3 is 2.54 bits per heavy atom. The lowest BCUT2D eigenvalue weighted by molar-refractivity contribution is 0.0556. The Balaban J connectivity index is 1.89. The van der Waals surface area contributed by atoms with Crippen LogP contribution in [-0.4, -0.2) is 25.2 Å². The van der Waals surface area contributed by atoms with Gasteiger partial charge in [-0.3, -0.25) is 0 Å². The minimum atomic E-state index is -0.578. The zero-order valence-electron chi connectivity index (χ0n) is 15.3. The van der Waals surface area contributed by atoms with E-state index in [4.69, 9.17) is 20.6 Å². The van der Waals surface area contributed by atoms with E-state index in [2.05, 4.69) is 5.92 Å². The van der Waals surface area contributed by atoms with Crippen LogP contribution in [0.1, 0.15) is 27.6 Å². The monoisotopic (exact) mass is 374 g/mol. The first kappa shape index (κ1) is 19.0. The smallest absolute Gasteiger partial charge is 0.344 e. The third-order valence-electron chi connectivity index (χ3n) is 3.98. The van der Waals surface area contributed by atoms with Gasteiger partial charge in [0.05, 0.1) is 17.7 Å². The molecule has 0 bridgehead atoms. The van der Waals surface area contributed by atoms with Crippen LogP contribution in [0, 0.1) is 12.3 Å². The van der Waals surface area contributed by atoms with Crippen molar-refractivity contribution in [3.8, 4) is 23.8 Å². The first-order valence-corrected chi connectivity index (χ1v) is 8.71. The number of esters is 2. The number of fused-ring (bicyclic) bond motifs is 1. The van der Waals surface area contributed by atoms with Crippen LogP contribution in [0.4, 0.5) is 0 Å². The van der Waals surface area contributed by atoms with Crippen molar-refractivity contribution in [2.75, 3.05) is 13.2 Å². The maximum Gasteiger partial charge on any atom is 0.344 e. The fourth-order valence-electron chi connectivity index (χ4n) is 2.74. The van der Waals surface area contributed by atoms with E-state index in [1.807, 2.05) is 30.3 Å². The van der Waals surface area contributed by atoms with Crippen LogP contribution in [0.25, 0.3) is 10.8 Å². The molecule has 3 aromatic rings. The number of ether oxygens (including phenoxy) is 3. The minimum absolute atomic E-state index is 0.124. The zero-order chi connectivity index (χ0) is 19.9. The van der Waals surface area contributed by atoms with Crippen LogP contribution in [0.2, 0.25) is 0 Å². The summed E-state index contributed by atoms with van der Waals surface area (Å²) >= 11 is 0. The molecule has 0 aliphatic carbocycles. The molecular weight excluding hydrogens is 356 g/mol. The van der Waals surface area contributed by atoms with Gasteiger partial charge in [-0.15, -0.1) is 6.42 Å². The second-order valence-corrected chi connectivity index (χ2v) is 5.79. The fourth-order valence-corrected chi connectivity index (χ4v) is 2.74. The van der Waals surface area contributed by atoms with Crippen LogP contribution in [0.3, 0.4) is 0 Å². The second-order valence-electron chi connectivity index (χ2n) is 5.79. The highest BCUT2D eigenvalue weighted by Crippen LogP contribution is 2.30. The Bertz CT molecular complexity index is 1060. The second kappa shape index (κ2) is 8.74. The SMILES string of the molecule is C#CCOC(=O)c1ccc(OC(=O)c2cccc3ccccc23)c(OCC)c1. The summed E-state index contributed by atoms with van der Waals surface area (Å²) in [5, 5.41) is 1.73. The van der Waals surface area contributed by atoms with Crippen molar-refractivity contribution >= 4 is 22.7 Å². The summed E-state index contributed by atoms with van der Waals surface area (Å²) in [6.45, 7) is 2.00. The minimum Gasteiger partial charge on any atom is -0.490 e. The molecule has 0 heterocycles. The maximum atomic E-state index is 12.8. The molecule has 5 heteroatoms. The van der Waals surface area contributed by atoms with E-state index in [1.54, 1.807) is 19.1 Å². The highest BCUT2D eigenvalue weighted by molar-refractivity contribution is 6.05. The molecule has 0 aromatic heterocycles. The predicted octanol–water partition coefficient (Wildman–Crippen LogP) is 4.25. The quantitative estimate of drug-likeness (QED) is 0.367. The lowest BCUT2D eigenvalue weighted by Gasteiger charge is -2.13. The number of terminal acetylenes is 1. The molecule has 0 atom stereocenters. The Hall–Kier alpha value is -3.78. The van der Waals surface area contributed by atoms with Crippen molar-refractivity contribution in [3.63, 3.8) is 0 Å². The fraction of sp³-hybridized carbons (Fsp3) is 0.130. The van der Waals surface area contributed by atoms with Crippen LogP contribution in [0.15, 0.2) is 60.7 Å². The molecule has 0 amide bonds. The molecular formula is C23H18O5. The molecule has 3 aromatic carbocycles. The van der Waals surface area contributed by atoms with Gasteiger partial charge in [0.1, 0.15) is 0 Å². The molecule has 28 heavy (non-hydrogen) atoms. The van der Waals surface area contributed by atoms with E-state index < -0.39 is 11.9 Å². The summed E-state index contributed by atoms with van der Waals surface area (Å²) in [6, 6.07) is 17.4. The molecule has 0 unspecified atom stereocenters. The van der Waals surface area contributed by atoms with Gasteiger partial charge in [-0.05, 0) is 42.0 Å². The Labute approximate surface area is 162 Å². The van der Waals surface area contributed by atoms with Gasteiger partial charge in [0.2, 0.25) is 0 Å². The van der Waals surface area contributed by atoms with E-state index in [0.717, 1.165) is 10.8 Å². The lowest BCUT2D eigenvalue weighted by Crippen LogP contribution is -2.11. The van der Waals surface area contributed by atoms with Crippen molar-refractivity contribution in [1.29, 1.82) is 0 Å². The molecule has 140 valence electrons. The standard InChI is InChI=1S/C23H18O5/c1-3-14-27-22(24)17-12-13-20(21(15-17)26-4-2)28-23(25)19-11-7-9-16-8-5-6-10-18(16)19/h1,5-13,15H,4,14H2,2H3. The van der Waals surface area contributed by atoms with Crippen LogP contribution < -0.4 is 9.47 Å².